The maximum absolute atomic E-state index is 11.4. The van der Waals surface area contributed by atoms with Crippen molar-refractivity contribution in [3.63, 3.8) is 0 Å². The second-order valence-corrected chi connectivity index (χ2v) is 6.15. The molecular formula is C22H21N3O7. The van der Waals surface area contributed by atoms with E-state index in [-0.39, 0.29) is 16.7 Å². The lowest BCUT2D eigenvalue weighted by atomic mass is 10.1. The number of ether oxygens (including phenoxy) is 1. The number of hydroxylamine groups is 1. The molecule has 1 amide bonds. The van der Waals surface area contributed by atoms with Crippen molar-refractivity contribution < 1.29 is 24.6 Å². The lowest BCUT2D eigenvalue weighted by molar-refractivity contribution is 0.0600. The molecule has 5 N–H and O–H groups in total. The SMILES string of the molecule is CO.COC(=O)c1ccc2cc[nH]c(=O)c2c1.O=C(NO)c1ccc2cc[nH]c(=O)c2c1. The van der Waals surface area contributed by atoms with Gasteiger partial charge in [-0.3, -0.25) is 19.6 Å². The normalized spacial score (nSPS) is 9.75. The first-order valence-electron chi connectivity index (χ1n) is 9.15. The van der Waals surface area contributed by atoms with Gasteiger partial charge in [0.25, 0.3) is 17.0 Å². The Morgan fingerprint density at radius 1 is 0.812 bits per heavy atom. The second-order valence-electron chi connectivity index (χ2n) is 6.15. The van der Waals surface area contributed by atoms with Crippen molar-refractivity contribution in [2.24, 2.45) is 0 Å². The van der Waals surface area contributed by atoms with Gasteiger partial charge in [-0.15, -0.1) is 0 Å². The van der Waals surface area contributed by atoms with E-state index in [0.717, 1.165) is 17.9 Å². The molecule has 0 spiro atoms. The summed E-state index contributed by atoms with van der Waals surface area (Å²) in [5, 5.41) is 17.9. The van der Waals surface area contributed by atoms with E-state index in [1.54, 1.807) is 36.5 Å². The van der Waals surface area contributed by atoms with Gasteiger partial charge in [0.05, 0.1) is 12.7 Å². The van der Waals surface area contributed by atoms with Gasteiger partial charge in [-0.25, -0.2) is 10.3 Å². The summed E-state index contributed by atoms with van der Waals surface area (Å²) in [6.45, 7) is 0. The van der Waals surface area contributed by atoms with Crippen LogP contribution in [0.15, 0.2) is 70.5 Å². The average Bonchev–Trinajstić information content (AvgIpc) is 2.85. The molecule has 2 aromatic heterocycles. The van der Waals surface area contributed by atoms with Crippen LogP contribution in [0.25, 0.3) is 21.5 Å². The fraction of sp³-hybridized carbons (Fsp3) is 0.0909. The molecule has 10 nitrogen and oxygen atoms in total. The number of carbonyl (C=O) groups is 2. The van der Waals surface area contributed by atoms with Crippen molar-refractivity contribution in [3.05, 3.63) is 92.8 Å². The number of nitrogens with one attached hydrogen (secondary N) is 3. The summed E-state index contributed by atoms with van der Waals surface area (Å²) in [5.74, 6) is -1.08. The molecule has 32 heavy (non-hydrogen) atoms. The van der Waals surface area contributed by atoms with Gasteiger partial charge in [0.2, 0.25) is 0 Å². The molecule has 0 aliphatic carbocycles. The van der Waals surface area contributed by atoms with Crippen LogP contribution in [0.2, 0.25) is 0 Å². The molecule has 0 fully saturated rings. The largest absolute Gasteiger partial charge is 0.465 e. The van der Waals surface area contributed by atoms with Crippen LogP contribution < -0.4 is 16.6 Å². The first-order chi connectivity index (χ1) is 15.4. The van der Waals surface area contributed by atoms with E-state index in [2.05, 4.69) is 14.7 Å². The van der Waals surface area contributed by atoms with Crippen molar-refractivity contribution in [3.8, 4) is 0 Å². The Hall–Kier alpha value is -4.28. The zero-order valence-corrected chi connectivity index (χ0v) is 17.2. The number of pyridine rings is 2. The van der Waals surface area contributed by atoms with Crippen LogP contribution >= 0.6 is 0 Å². The highest BCUT2D eigenvalue weighted by molar-refractivity contribution is 5.97. The molecule has 0 radical (unpaired) electrons. The molecule has 0 aliphatic heterocycles. The third-order valence-electron chi connectivity index (χ3n) is 4.34. The first-order valence-corrected chi connectivity index (χ1v) is 9.15. The molecule has 2 heterocycles. The van der Waals surface area contributed by atoms with Gasteiger partial charge in [-0.2, -0.15) is 0 Å². The van der Waals surface area contributed by atoms with E-state index in [9.17, 15) is 19.2 Å². The first kappa shape index (κ1) is 24.0. The lowest BCUT2D eigenvalue weighted by Crippen LogP contribution is -2.18. The Morgan fingerprint density at radius 2 is 1.28 bits per heavy atom. The van der Waals surface area contributed by atoms with Crippen LogP contribution in [-0.2, 0) is 4.74 Å². The Kier molecular flexibility index (Phi) is 8.40. The molecule has 0 atom stereocenters. The zero-order chi connectivity index (χ0) is 23.7. The van der Waals surface area contributed by atoms with E-state index in [1.807, 2.05) is 0 Å². The van der Waals surface area contributed by atoms with Gasteiger partial charge < -0.3 is 19.8 Å². The number of aliphatic hydroxyl groups excluding tert-OH is 1. The third kappa shape index (κ3) is 5.45. The molecule has 0 saturated heterocycles. The van der Waals surface area contributed by atoms with Crippen LogP contribution in [0.5, 0.6) is 0 Å². The van der Waals surface area contributed by atoms with E-state index >= 15 is 0 Å². The summed E-state index contributed by atoms with van der Waals surface area (Å²) < 4.78 is 4.57. The minimum Gasteiger partial charge on any atom is -0.465 e. The minimum atomic E-state index is -0.639. The number of hydrogen-bond donors (Lipinski definition) is 5. The molecule has 10 heteroatoms. The molecule has 0 saturated carbocycles. The summed E-state index contributed by atoms with van der Waals surface area (Å²) in [7, 11) is 2.31. The average molecular weight is 439 g/mol. The minimum absolute atomic E-state index is 0.210. The molecule has 0 unspecified atom stereocenters. The van der Waals surface area contributed by atoms with Crippen LogP contribution in [-0.4, -0.2) is 46.4 Å². The predicted octanol–water partition coefficient (Wildman–Crippen LogP) is 1.57. The molecule has 4 rings (SSSR count). The third-order valence-corrected chi connectivity index (χ3v) is 4.34. The van der Waals surface area contributed by atoms with Crippen molar-refractivity contribution in [1.29, 1.82) is 0 Å². The lowest BCUT2D eigenvalue weighted by Gasteiger charge is -2.00. The Bertz CT molecular complexity index is 1250. The molecule has 166 valence electrons. The summed E-state index contributed by atoms with van der Waals surface area (Å²) in [5.41, 5.74) is 1.65. The molecule has 0 aliphatic rings. The van der Waals surface area contributed by atoms with Gasteiger partial charge in [0.1, 0.15) is 0 Å². The van der Waals surface area contributed by atoms with E-state index in [1.165, 1.54) is 37.0 Å². The number of rotatable bonds is 2. The predicted molar refractivity (Wildman–Crippen MR) is 118 cm³/mol. The molecular weight excluding hydrogens is 418 g/mol. The topological polar surface area (TPSA) is 162 Å². The number of benzene rings is 2. The van der Waals surface area contributed by atoms with Crippen LogP contribution in [0, 0.1) is 0 Å². The summed E-state index contributed by atoms with van der Waals surface area (Å²) in [6, 6.07) is 13.0. The Morgan fingerprint density at radius 3 is 1.75 bits per heavy atom. The number of hydrogen-bond acceptors (Lipinski definition) is 7. The smallest absolute Gasteiger partial charge is 0.337 e. The number of aromatic amines is 2. The van der Waals surface area contributed by atoms with Gasteiger partial charge in [-0.05, 0) is 47.2 Å². The maximum Gasteiger partial charge on any atom is 0.337 e. The Balaban J connectivity index is 0.000000211. The van der Waals surface area contributed by atoms with Crippen LogP contribution in [0.1, 0.15) is 20.7 Å². The van der Waals surface area contributed by atoms with Crippen LogP contribution in [0.4, 0.5) is 0 Å². The Labute approximate surface area is 181 Å². The van der Waals surface area contributed by atoms with E-state index in [4.69, 9.17) is 10.3 Å². The number of methoxy groups -OCH3 is 1. The number of amides is 1. The van der Waals surface area contributed by atoms with Crippen molar-refractivity contribution in [1.82, 2.24) is 15.4 Å². The summed E-state index contributed by atoms with van der Waals surface area (Å²) in [6.07, 6.45) is 3.11. The zero-order valence-electron chi connectivity index (χ0n) is 17.2. The summed E-state index contributed by atoms with van der Waals surface area (Å²) >= 11 is 0. The summed E-state index contributed by atoms with van der Waals surface area (Å²) in [4.78, 5) is 50.2. The van der Waals surface area contributed by atoms with Gasteiger partial charge in [-0.1, -0.05) is 12.1 Å². The van der Waals surface area contributed by atoms with E-state index in [0.29, 0.717) is 16.3 Å². The number of aliphatic hydroxyl groups is 1. The molecule has 2 aromatic carbocycles. The second kappa shape index (κ2) is 11.2. The highest BCUT2D eigenvalue weighted by Crippen LogP contribution is 2.12. The molecule has 4 aromatic rings. The van der Waals surface area contributed by atoms with Crippen molar-refractivity contribution >= 4 is 33.4 Å². The monoisotopic (exact) mass is 439 g/mol. The van der Waals surface area contributed by atoms with Crippen molar-refractivity contribution in [2.75, 3.05) is 14.2 Å². The molecule has 0 bridgehead atoms. The van der Waals surface area contributed by atoms with E-state index < -0.39 is 11.9 Å². The van der Waals surface area contributed by atoms with Gasteiger partial charge in [0.15, 0.2) is 0 Å². The fourth-order valence-corrected chi connectivity index (χ4v) is 2.82. The van der Waals surface area contributed by atoms with Gasteiger partial charge in [0, 0.05) is 35.8 Å². The number of carbonyl (C=O) groups excluding carboxylic acids is 2. The highest BCUT2D eigenvalue weighted by Gasteiger charge is 2.07. The standard InChI is InChI=1S/C11H9NO3.C10H8N2O3.CH4O/c1-15-11(14)8-3-2-7-4-5-12-10(13)9(7)6-8;13-9(12-15)7-2-1-6-3-4-11-10(14)8(6)5-7;1-2/h2-6H,1H3,(H,12,13);1-5,15H,(H,11,14)(H,12,13);2H,1H3. The van der Waals surface area contributed by atoms with Gasteiger partial charge >= 0.3 is 5.97 Å². The number of fused-ring (bicyclic) bond motifs is 2. The quantitative estimate of drug-likeness (QED) is 0.180. The number of H-pyrrole nitrogens is 2. The number of aromatic nitrogens is 2. The highest BCUT2D eigenvalue weighted by atomic mass is 16.5. The van der Waals surface area contributed by atoms with Crippen LogP contribution in [0.3, 0.4) is 0 Å². The maximum atomic E-state index is 11.4. The number of esters is 1. The van der Waals surface area contributed by atoms with Crippen molar-refractivity contribution in [2.45, 2.75) is 0 Å². The fourth-order valence-electron chi connectivity index (χ4n) is 2.82.